The first-order valence-corrected chi connectivity index (χ1v) is 5.72. The summed E-state index contributed by atoms with van der Waals surface area (Å²) in [5, 5.41) is 9.32. The number of nitrogens with zero attached hydrogens (tertiary/aromatic N) is 2. The smallest absolute Gasteiger partial charge is 0.266 e. The first-order valence-electron chi connectivity index (χ1n) is 4.90. The Morgan fingerprint density at radius 3 is 2.76 bits per heavy atom. The third kappa shape index (κ3) is 1.92. The molecule has 0 aromatic carbocycles. The maximum absolute atomic E-state index is 11.4. The minimum atomic E-state index is -0.371. The molecule has 0 saturated heterocycles. The molecule has 0 bridgehead atoms. The lowest BCUT2D eigenvalue weighted by atomic mass is 10.1. The van der Waals surface area contributed by atoms with Crippen LogP contribution in [-0.4, -0.2) is 9.97 Å². The summed E-state index contributed by atoms with van der Waals surface area (Å²) in [6.07, 6.45) is 0. The van der Waals surface area contributed by atoms with Crippen LogP contribution in [0.25, 0.3) is 10.4 Å². The lowest BCUT2D eigenvalue weighted by molar-refractivity contribution is 1.13. The van der Waals surface area contributed by atoms with E-state index in [0.29, 0.717) is 10.8 Å². The van der Waals surface area contributed by atoms with Gasteiger partial charge in [-0.25, -0.2) is 4.98 Å². The van der Waals surface area contributed by atoms with Crippen LogP contribution >= 0.6 is 11.3 Å². The molecule has 0 spiro atoms. The van der Waals surface area contributed by atoms with Crippen LogP contribution in [0, 0.1) is 25.2 Å². The molecule has 0 fully saturated rings. The van der Waals surface area contributed by atoms with Gasteiger partial charge in [-0.05, 0) is 19.9 Å². The number of anilines is 1. The molecule has 0 saturated carbocycles. The van der Waals surface area contributed by atoms with Gasteiger partial charge in [0.05, 0.1) is 10.6 Å². The maximum atomic E-state index is 11.4. The van der Waals surface area contributed by atoms with E-state index in [4.69, 9.17) is 11.0 Å². The predicted molar refractivity (Wildman–Crippen MR) is 66.8 cm³/mol. The summed E-state index contributed by atoms with van der Waals surface area (Å²) in [6, 6.07) is 3.45. The highest BCUT2D eigenvalue weighted by molar-refractivity contribution is 7.18. The first-order chi connectivity index (χ1) is 8.02. The summed E-state index contributed by atoms with van der Waals surface area (Å²) in [7, 11) is 0. The molecule has 0 amide bonds. The molecule has 2 aromatic rings. The van der Waals surface area contributed by atoms with Crippen LogP contribution in [0.4, 0.5) is 5.13 Å². The van der Waals surface area contributed by atoms with Gasteiger partial charge < -0.3 is 10.7 Å². The highest BCUT2D eigenvalue weighted by atomic mass is 32.1. The third-order valence-corrected chi connectivity index (χ3v) is 3.44. The Kier molecular flexibility index (Phi) is 2.69. The molecule has 17 heavy (non-hydrogen) atoms. The van der Waals surface area contributed by atoms with E-state index in [1.165, 1.54) is 11.3 Å². The standard InChI is InChI=1S/C11H10N4OS/c1-5-8(3-7(4-12)10(16)14-5)9-6(2)15-11(13)17-9/h3H,1-2H3,(H2,13,15)(H,14,16). The zero-order chi connectivity index (χ0) is 12.6. The SMILES string of the molecule is Cc1nc(N)sc1-c1cc(C#N)c(=O)[nH]c1C. The molecule has 0 radical (unpaired) electrons. The normalized spacial score (nSPS) is 10.2. The summed E-state index contributed by atoms with van der Waals surface area (Å²) >= 11 is 1.34. The minimum absolute atomic E-state index is 0.0944. The number of nitrogen functional groups attached to an aromatic ring is 1. The Morgan fingerprint density at radius 2 is 2.24 bits per heavy atom. The summed E-state index contributed by atoms with van der Waals surface area (Å²) in [6.45, 7) is 3.63. The van der Waals surface area contributed by atoms with Crippen LogP contribution in [0.2, 0.25) is 0 Å². The summed E-state index contributed by atoms with van der Waals surface area (Å²) in [4.78, 5) is 19.1. The van der Waals surface area contributed by atoms with Crippen molar-refractivity contribution >= 4 is 16.5 Å². The number of thiazole rings is 1. The van der Waals surface area contributed by atoms with E-state index in [1.54, 1.807) is 13.0 Å². The fourth-order valence-electron chi connectivity index (χ4n) is 1.61. The zero-order valence-corrected chi connectivity index (χ0v) is 10.2. The van der Waals surface area contributed by atoms with E-state index >= 15 is 0 Å². The van der Waals surface area contributed by atoms with Gasteiger partial charge in [0.2, 0.25) is 0 Å². The number of aryl methyl sites for hydroxylation is 2. The average molecular weight is 246 g/mol. The second kappa shape index (κ2) is 4.03. The number of nitriles is 1. The van der Waals surface area contributed by atoms with E-state index in [1.807, 2.05) is 13.0 Å². The quantitative estimate of drug-likeness (QED) is 0.798. The minimum Gasteiger partial charge on any atom is -0.375 e. The van der Waals surface area contributed by atoms with E-state index in [0.717, 1.165) is 16.1 Å². The fourth-order valence-corrected chi connectivity index (χ4v) is 2.52. The van der Waals surface area contributed by atoms with Crippen molar-refractivity contribution in [2.75, 3.05) is 5.73 Å². The van der Waals surface area contributed by atoms with Gasteiger partial charge in [0.25, 0.3) is 5.56 Å². The number of aromatic amines is 1. The van der Waals surface area contributed by atoms with Gasteiger partial charge in [-0.15, -0.1) is 0 Å². The number of aromatic nitrogens is 2. The molecular formula is C11H10N4OS. The Morgan fingerprint density at radius 1 is 1.53 bits per heavy atom. The Balaban J connectivity index is 2.72. The van der Waals surface area contributed by atoms with Crippen molar-refractivity contribution in [1.29, 1.82) is 5.26 Å². The second-order valence-electron chi connectivity index (χ2n) is 3.63. The van der Waals surface area contributed by atoms with Gasteiger partial charge in [0.1, 0.15) is 11.6 Å². The lowest BCUT2D eigenvalue weighted by Gasteiger charge is -2.03. The van der Waals surface area contributed by atoms with Crippen LogP contribution in [0.5, 0.6) is 0 Å². The average Bonchev–Trinajstić information content (AvgIpc) is 2.58. The lowest BCUT2D eigenvalue weighted by Crippen LogP contribution is -2.11. The van der Waals surface area contributed by atoms with Crippen molar-refractivity contribution < 1.29 is 0 Å². The Bertz CT molecular complexity index is 678. The van der Waals surface area contributed by atoms with Gasteiger partial charge in [0.15, 0.2) is 5.13 Å². The van der Waals surface area contributed by atoms with Crippen LogP contribution in [-0.2, 0) is 0 Å². The monoisotopic (exact) mass is 246 g/mol. The Hall–Kier alpha value is -2.13. The summed E-state index contributed by atoms with van der Waals surface area (Å²) in [5.74, 6) is 0. The molecular weight excluding hydrogens is 236 g/mol. The van der Waals surface area contributed by atoms with Crippen molar-refractivity contribution in [1.82, 2.24) is 9.97 Å². The molecule has 2 aromatic heterocycles. The molecule has 5 nitrogen and oxygen atoms in total. The van der Waals surface area contributed by atoms with Gasteiger partial charge in [-0.2, -0.15) is 5.26 Å². The highest BCUT2D eigenvalue weighted by Crippen LogP contribution is 2.32. The number of rotatable bonds is 1. The highest BCUT2D eigenvalue weighted by Gasteiger charge is 2.13. The van der Waals surface area contributed by atoms with Crippen LogP contribution in [0.3, 0.4) is 0 Å². The van der Waals surface area contributed by atoms with Crippen LogP contribution in [0.15, 0.2) is 10.9 Å². The van der Waals surface area contributed by atoms with E-state index in [9.17, 15) is 4.79 Å². The summed E-state index contributed by atoms with van der Waals surface area (Å²) < 4.78 is 0. The van der Waals surface area contributed by atoms with Crippen molar-refractivity contribution in [2.45, 2.75) is 13.8 Å². The predicted octanol–water partition coefficient (Wildman–Crippen LogP) is 1.57. The molecule has 0 aliphatic carbocycles. The number of pyridine rings is 1. The number of hydrogen-bond acceptors (Lipinski definition) is 5. The van der Waals surface area contributed by atoms with Crippen LogP contribution in [0.1, 0.15) is 17.0 Å². The number of H-pyrrole nitrogens is 1. The van der Waals surface area contributed by atoms with Crippen molar-refractivity contribution in [3.63, 3.8) is 0 Å². The fraction of sp³-hybridized carbons (Fsp3) is 0.182. The molecule has 0 aliphatic heterocycles. The van der Waals surface area contributed by atoms with Gasteiger partial charge in [-0.1, -0.05) is 11.3 Å². The topological polar surface area (TPSA) is 95.6 Å². The van der Waals surface area contributed by atoms with Crippen molar-refractivity contribution in [2.24, 2.45) is 0 Å². The number of nitrogens with two attached hydrogens (primary N) is 1. The molecule has 6 heteroatoms. The van der Waals surface area contributed by atoms with Gasteiger partial charge in [-0.3, -0.25) is 4.79 Å². The van der Waals surface area contributed by atoms with E-state index in [-0.39, 0.29) is 11.1 Å². The third-order valence-electron chi connectivity index (χ3n) is 2.42. The first kappa shape index (κ1) is 11.4. The van der Waals surface area contributed by atoms with E-state index in [2.05, 4.69) is 9.97 Å². The molecule has 86 valence electrons. The zero-order valence-electron chi connectivity index (χ0n) is 9.37. The van der Waals surface area contributed by atoms with Crippen LogP contribution < -0.4 is 11.3 Å². The molecule has 3 N–H and O–H groups in total. The van der Waals surface area contributed by atoms with Gasteiger partial charge in [0, 0.05) is 11.3 Å². The molecule has 0 unspecified atom stereocenters. The molecule has 2 heterocycles. The van der Waals surface area contributed by atoms with Gasteiger partial charge >= 0.3 is 0 Å². The number of hydrogen-bond donors (Lipinski definition) is 2. The molecule has 0 aliphatic rings. The van der Waals surface area contributed by atoms with E-state index < -0.39 is 0 Å². The Labute approximate surface area is 102 Å². The summed E-state index contributed by atoms with van der Waals surface area (Å²) in [5.41, 5.74) is 7.67. The molecule has 2 rings (SSSR count). The second-order valence-corrected chi connectivity index (χ2v) is 4.66. The maximum Gasteiger partial charge on any atom is 0.266 e. The van der Waals surface area contributed by atoms with Crippen molar-refractivity contribution in [3.8, 4) is 16.5 Å². The largest absolute Gasteiger partial charge is 0.375 e. The van der Waals surface area contributed by atoms with Crippen molar-refractivity contribution in [3.05, 3.63) is 33.4 Å². The number of nitrogens with one attached hydrogen (secondary N) is 1. The molecule has 0 atom stereocenters.